The van der Waals surface area contributed by atoms with Gasteiger partial charge in [-0.05, 0) is 35.9 Å². The Morgan fingerprint density at radius 2 is 1.72 bits per heavy atom. The second-order valence-electron chi connectivity index (χ2n) is 7.42. The van der Waals surface area contributed by atoms with Crippen molar-refractivity contribution in [2.24, 2.45) is 10.7 Å². The molecule has 1 aliphatic heterocycles. The number of nitrogens with zero attached hydrogens (tertiary/aromatic N) is 3. The average molecular weight is 455 g/mol. The molecular weight excluding hydrogens is 430 g/mol. The van der Waals surface area contributed by atoms with E-state index >= 15 is 0 Å². The maximum atomic E-state index is 13.5. The van der Waals surface area contributed by atoms with Gasteiger partial charge in [0.2, 0.25) is 0 Å². The van der Waals surface area contributed by atoms with Crippen molar-refractivity contribution < 1.29 is 8.78 Å². The van der Waals surface area contributed by atoms with Crippen molar-refractivity contribution in [2.75, 3.05) is 36.8 Å². The van der Waals surface area contributed by atoms with Crippen molar-refractivity contribution in [3.05, 3.63) is 77.5 Å². The van der Waals surface area contributed by atoms with E-state index in [4.69, 9.17) is 11.5 Å². The number of aromatic nitrogens is 1. The minimum Gasteiger partial charge on any atom is -0.383 e. The lowest BCUT2D eigenvalue weighted by Gasteiger charge is -2.29. The summed E-state index contributed by atoms with van der Waals surface area (Å²) in [7, 11) is 0. The van der Waals surface area contributed by atoms with Crippen LogP contribution in [0.4, 0.5) is 20.3 Å². The standard InChI is InChI=1S/C23H24F2N6S/c24-16-9-17(25)11-19(10-16)32-20-12-21(23(27)30-14-20)22(26)29-13-15-1-3-18(4-2-15)31-7-5-28-6-8-31/h1-4,9-12,14,28H,5-8,13H2,(H2,26,29)(H2,27,30). The first-order valence-electron chi connectivity index (χ1n) is 10.2. The lowest BCUT2D eigenvalue weighted by Crippen LogP contribution is -2.43. The molecule has 5 N–H and O–H groups in total. The predicted molar refractivity (Wildman–Crippen MR) is 125 cm³/mol. The summed E-state index contributed by atoms with van der Waals surface area (Å²) in [6, 6.07) is 13.3. The maximum Gasteiger partial charge on any atom is 0.134 e. The molecule has 2 aromatic carbocycles. The second kappa shape index (κ2) is 9.97. The van der Waals surface area contributed by atoms with Gasteiger partial charge in [-0.3, -0.25) is 4.99 Å². The van der Waals surface area contributed by atoms with E-state index in [1.54, 1.807) is 6.07 Å². The number of anilines is 2. The van der Waals surface area contributed by atoms with E-state index in [0.29, 0.717) is 21.9 Å². The van der Waals surface area contributed by atoms with Crippen molar-refractivity contribution in [1.29, 1.82) is 0 Å². The van der Waals surface area contributed by atoms with Gasteiger partial charge < -0.3 is 21.7 Å². The topological polar surface area (TPSA) is 92.6 Å². The minimum atomic E-state index is -0.639. The molecule has 1 saturated heterocycles. The zero-order valence-electron chi connectivity index (χ0n) is 17.4. The van der Waals surface area contributed by atoms with Gasteiger partial charge in [-0.15, -0.1) is 0 Å². The van der Waals surface area contributed by atoms with Crippen molar-refractivity contribution in [1.82, 2.24) is 10.3 Å². The normalized spacial score (nSPS) is 14.6. The zero-order chi connectivity index (χ0) is 22.5. The molecule has 1 aromatic heterocycles. The number of aliphatic imine (C=N–C) groups is 1. The van der Waals surface area contributed by atoms with Crippen molar-refractivity contribution >= 4 is 29.1 Å². The molecule has 2 heterocycles. The molecule has 0 amide bonds. The third kappa shape index (κ3) is 5.54. The molecule has 0 atom stereocenters. The quantitative estimate of drug-likeness (QED) is 0.391. The molecular formula is C23H24F2N6S. The highest BCUT2D eigenvalue weighted by Crippen LogP contribution is 2.30. The molecule has 1 fully saturated rings. The Hall–Kier alpha value is -3.17. The van der Waals surface area contributed by atoms with Gasteiger partial charge in [-0.1, -0.05) is 23.9 Å². The van der Waals surface area contributed by atoms with Crippen molar-refractivity contribution in [2.45, 2.75) is 16.3 Å². The Morgan fingerprint density at radius 3 is 2.41 bits per heavy atom. The van der Waals surface area contributed by atoms with Crippen LogP contribution in [0.3, 0.4) is 0 Å². The summed E-state index contributed by atoms with van der Waals surface area (Å²) in [5, 5.41) is 3.35. The molecule has 4 rings (SSSR count). The zero-order valence-corrected chi connectivity index (χ0v) is 18.2. The third-order valence-corrected chi connectivity index (χ3v) is 6.02. The second-order valence-corrected chi connectivity index (χ2v) is 8.56. The van der Waals surface area contributed by atoms with Gasteiger partial charge in [-0.25, -0.2) is 13.8 Å². The van der Waals surface area contributed by atoms with Gasteiger partial charge in [0.15, 0.2) is 0 Å². The van der Waals surface area contributed by atoms with Crippen LogP contribution in [0.2, 0.25) is 0 Å². The molecule has 0 unspecified atom stereocenters. The number of hydrogen-bond acceptors (Lipinski definition) is 6. The monoisotopic (exact) mass is 454 g/mol. The molecule has 166 valence electrons. The van der Waals surface area contributed by atoms with Crippen LogP contribution >= 0.6 is 11.8 Å². The Kier molecular flexibility index (Phi) is 6.87. The van der Waals surface area contributed by atoms with Crippen LogP contribution in [-0.2, 0) is 6.54 Å². The molecule has 0 radical (unpaired) electrons. The summed E-state index contributed by atoms with van der Waals surface area (Å²) >= 11 is 1.17. The first kappa shape index (κ1) is 22.0. The summed E-state index contributed by atoms with van der Waals surface area (Å²) in [5.41, 5.74) is 14.9. The molecule has 6 nitrogen and oxygen atoms in total. The van der Waals surface area contributed by atoms with E-state index in [9.17, 15) is 8.78 Å². The van der Waals surface area contributed by atoms with Crippen LogP contribution in [0, 0.1) is 11.6 Å². The molecule has 32 heavy (non-hydrogen) atoms. The SMILES string of the molecule is NC(=NCc1ccc(N2CCNCC2)cc1)c1cc(Sc2cc(F)cc(F)c2)cnc1N. The Morgan fingerprint density at radius 1 is 1.03 bits per heavy atom. The molecule has 0 spiro atoms. The highest BCUT2D eigenvalue weighted by molar-refractivity contribution is 7.99. The average Bonchev–Trinajstić information content (AvgIpc) is 2.79. The highest BCUT2D eigenvalue weighted by Gasteiger charge is 2.11. The largest absolute Gasteiger partial charge is 0.383 e. The predicted octanol–water partition coefficient (Wildman–Crippen LogP) is 3.41. The number of benzene rings is 2. The Bertz CT molecular complexity index is 1090. The number of halogens is 2. The van der Waals surface area contributed by atoms with Crippen molar-refractivity contribution in [3.8, 4) is 0 Å². The first-order valence-corrected chi connectivity index (χ1v) is 11.0. The number of amidine groups is 1. The van der Waals surface area contributed by atoms with Gasteiger partial charge >= 0.3 is 0 Å². The number of nitrogens with two attached hydrogens (primary N) is 2. The number of nitrogens with one attached hydrogen (secondary N) is 1. The van der Waals surface area contributed by atoms with Crippen LogP contribution in [-0.4, -0.2) is 37.0 Å². The molecule has 3 aromatic rings. The van der Waals surface area contributed by atoms with Crippen LogP contribution in [0.1, 0.15) is 11.1 Å². The number of nitrogen functional groups attached to an aromatic ring is 1. The van der Waals surface area contributed by atoms with Crippen LogP contribution in [0.15, 0.2) is 69.5 Å². The van der Waals surface area contributed by atoms with E-state index in [1.807, 2.05) is 12.1 Å². The summed E-state index contributed by atoms with van der Waals surface area (Å²) in [5.74, 6) is -0.774. The lowest BCUT2D eigenvalue weighted by atomic mass is 10.2. The van der Waals surface area contributed by atoms with Crippen LogP contribution < -0.4 is 21.7 Å². The summed E-state index contributed by atoms with van der Waals surface area (Å²) in [4.78, 5) is 12.0. The van der Waals surface area contributed by atoms with Crippen LogP contribution in [0.25, 0.3) is 0 Å². The van der Waals surface area contributed by atoms with E-state index < -0.39 is 11.6 Å². The Labute approximate surface area is 189 Å². The van der Waals surface area contributed by atoms with E-state index in [1.165, 1.54) is 35.8 Å². The number of pyridine rings is 1. The summed E-state index contributed by atoms with van der Waals surface area (Å²) in [6.45, 7) is 4.37. The molecule has 0 aliphatic carbocycles. The number of piperazine rings is 1. The fraction of sp³-hybridized carbons (Fsp3) is 0.217. The molecule has 9 heteroatoms. The molecule has 0 bridgehead atoms. The fourth-order valence-electron chi connectivity index (χ4n) is 3.44. The van der Waals surface area contributed by atoms with Gasteiger partial charge in [0.05, 0.1) is 12.1 Å². The smallest absolute Gasteiger partial charge is 0.134 e. The summed E-state index contributed by atoms with van der Waals surface area (Å²) in [6.07, 6.45) is 1.54. The third-order valence-electron chi connectivity index (χ3n) is 5.09. The fourth-order valence-corrected chi connectivity index (χ4v) is 4.33. The summed E-state index contributed by atoms with van der Waals surface area (Å²) < 4.78 is 26.9. The van der Waals surface area contributed by atoms with Crippen LogP contribution in [0.5, 0.6) is 0 Å². The van der Waals surface area contributed by atoms with Gasteiger partial charge in [-0.2, -0.15) is 0 Å². The lowest BCUT2D eigenvalue weighted by molar-refractivity contribution is 0.577. The van der Waals surface area contributed by atoms with E-state index in [-0.39, 0.29) is 11.7 Å². The molecule has 1 aliphatic rings. The van der Waals surface area contributed by atoms with E-state index in [2.05, 4.69) is 32.3 Å². The van der Waals surface area contributed by atoms with Crippen molar-refractivity contribution in [3.63, 3.8) is 0 Å². The van der Waals surface area contributed by atoms with Gasteiger partial charge in [0.1, 0.15) is 23.3 Å². The number of hydrogen-bond donors (Lipinski definition) is 3. The Balaban J connectivity index is 1.46. The number of rotatable bonds is 6. The molecule has 0 saturated carbocycles. The van der Waals surface area contributed by atoms with Gasteiger partial charge in [0.25, 0.3) is 0 Å². The first-order chi connectivity index (χ1) is 15.5. The maximum absolute atomic E-state index is 13.5. The minimum absolute atomic E-state index is 0.245. The highest BCUT2D eigenvalue weighted by atomic mass is 32.2. The van der Waals surface area contributed by atoms with E-state index in [0.717, 1.165) is 37.8 Å². The van der Waals surface area contributed by atoms with Gasteiger partial charge in [0, 0.05) is 53.9 Å².